The Morgan fingerprint density at radius 1 is 1.05 bits per heavy atom. The van der Waals surface area contributed by atoms with Gasteiger partial charge in [0.25, 0.3) is 11.5 Å². The molecule has 0 bridgehead atoms. The number of ether oxygens (including phenoxy) is 1. The zero-order valence-corrected chi connectivity index (χ0v) is 24.2. The van der Waals surface area contributed by atoms with E-state index in [-0.39, 0.29) is 54.6 Å². The fraction of sp³-hybridized carbons (Fsp3) is 0.222. The van der Waals surface area contributed by atoms with Crippen molar-refractivity contribution in [1.29, 1.82) is 0 Å². The third kappa shape index (κ3) is 5.40. The Morgan fingerprint density at radius 3 is 2.40 bits per heavy atom. The molecule has 13 heteroatoms. The molecular weight excluding hydrogens is 579 g/mol. The molecule has 2 heterocycles. The second-order valence-electron chi connectivity index (χ2n) is 8.86. The summed E-state index contributed by atoms with van der Waals surface area (Å²) in [6.07, 6.45) is 0. The van der Waals surface area contributed by atoms with Crippen LogP contribution in [0, 0.1) is 6.92 Å². The number of carbonyl (C=O) groups is 3. The average Bonchev–Trinajstić information content (AvgIpc) is 3.25. The number of thiophene rings is 1. The van der Waals surface area contributed by atoms with Crippen molar-refractivity contribution >= 4 is 68.2 Å². The van der Waals surface area contributed by atoms with Crippen molar-refractivity contribution in [2.24, 2.45) is 0 Å². The van der Waals surface area contributed by atoms with E-state index in [0.717, 1.165) is 20.5 Å². The number of hydrogen-bond acceptors (Lipinski definition) is 7. The molecule has 0 aliphatic rings. The molecule has 0 saturated carbocycles. The van der Waals surface area contributed by atoms with Crippen molar-refractivity contribution in [3.05, 3.63) is 89.4 Å². The fourth-order valence-electron chi connectivity index (χ4n) is 4.06. The summed E-state index contributed by atoms with van der Waals surface area (Å²) < 4.78 is 7.06. The smallest absolute Gasteiger partial charge is 0.340 e. The second-order valence-corrected chi connectivity index (χ2v) is 10.7. The first kappa shape index (κ1) is 29.1. The SMILES string of the molecule is CCOC(=O)c1ccccc1NC(=O)Cn1c(=O)n(-c2ccc(Cl)c(Cl)c2)c(=O)c2c(C)c(C(=O)N(C)C)sc21. The molecule has 0 unspecified atom stereocenters. The summed E-state index contributed by atoms with van der Waals surface area (Å²) in [5, 5.41) is 3.11. The third-order valence-corrected chi connectivity index (χ3v) is 8.01. The van der Waals surface area contributed by atoms with E-state index in [0.29, 0.717) is 5.56 Å². The number of aromatic nitrogens is 2. The van der Waals surface area contributed by atoms with Crippen LogP contribution < -0.4 is 16.6 Å². The highest BCUT2D eigenvalue weighted by molar-refractivity contribution is 7.20. The molecule has 2 amide bonds. The summed E-state index contributed by atoms with van der Waals surface area (Å²) in [5.74, 6) is -1.62. The predicted octanol–water partition coefficient (Wildman–Crippen LogP) is 4.35. The second kappa shape index (κ2) is 11.7. The maximum atomic E-state index is 13.8. The molecule has 0 saturated heterocycles. The zero-order chi connectivity index (χ0) is 29.3. The zero-order valence-electron chi connectivity index (χ0n) is 21.9. The molecule has 4 rings (SSSR count). The van der Waals surface area contributed by atoms with Crippen LogP contribution in [0.25, 0.3) is 15.9 Å². The van der Waals surface area contributed by atoms with E-state index in [4.69, 9.17) is 27.9 Å². The highest BCUT2D eigenvalue weighted by Crippen LogP contribution is 2.30. The standard InChI is InChI=1S/C27H24Cl2N4O6S/c1-5-39-26(37)16-8-6-7-9-19(16)30-20(34)13-32-25-21(14(2)22(40-25)24(36)31(3)4)23(35)33(27(32)38)15-10-11-17(28)18(29)12-15/h6-12H,5,13H2,1-4H3,(H,30,34). The molecule has 4 aromatic rings. The molecule has 0 atom stereocenters. The summed E-state index contributed by atoms with van der Waals surface area (Å²) in [5.41, 5.74) is -0.650. The third-order valence-electron chi connectivity index (χ3n) is 5.97. The number of rotatable bonds is 7. The number of amides is 2. The molecule has 0 fully saturated rings. The number of fused-ring (bicyclic) bond motifs is 1. The van der Waals surface area contributed by atoms with Gasteiger partial charge >= 0.3 is 11.7 Å². The van der Waals surface area contributed by atoms with Gasteiger partial charge in [-0.25, -0.2) is 14.2 Å². The molecule has 0 aliphatic carbocycles. The van der Waals surface area contributed by atoms with Gasteiger partial charge in [-0.2, -0.15) is 0 Å². The van der Waals surface area contributed by atoms with Crippen molar-refractivity contribution in [3.8, 4) is 5.69 Å². The van der Waals surface area contributed by atoms with E-state index in [1.165, 1.54) is 35.2 Å². The molecule has 0 aliphatic heterocycles. The van der Waals surface area contributed by atoms with Gasteiger partial charge in [0.2, 0.25) is 5.91 Å². The molecule has 10 nitrogen and oxygen atoms in total. The van der Waals surface area contributed by atoms with Crippen LogP contribution in [0.2, 0.25) is 10.0 Å². The number of halogens is 2. The Morgan fingerprint density at radius 2 is 1.75 bits per heavy atom. The monoisotopic (exact) mass is 602 g/mol. The first-order valence-electron chi connectivity index (χ1n) is 12.0. The predicted molar refractivity (Wildman–Crippen MR) is 155 cm³/mol. The molecule has 2 aromatic carbocycles. The lowest BCUT2D eigenvalue weighted by Crippen LogP contribution is -2.40. The number of hydrogen-bond donors (Lipinski definition) is 1. The Balaban J connectivity index is 1.90. The first-order valence-corrected chi connectivity index (χ1v) is 13.6. The highest BCUT2D eigenvalue weighted by atomic mass is 35.5. The minimum atomic E-state index is -0.824. The molecule has 40 heavy (non-hydrogen) atoms. The minimum absolute atomic E-state index is 0.112. The fourth-order valence-corrected chi connectivity index (χ4v) is 5.66. The van der Waals surface area contributed by atoms with Crippen LogP contribution in [0.1, 0.15) is 32.5 Å². The molecule has 1 N–H and O–H groups in total. The normalized spacial score (nSPS) is 10.9. The van der Waals surface area contributed by atoms with Crippen molar-refractivity contribution < 1.29 is 19.1 Å². The minimum Gasteiger partial charge on any atom is -0.462 e. The lowest BCUT2D eigenvalue weighted by molar-refractivity contribution is -0.116. The van der Waals surface area contributed by atoms with E-state index in [1.807, 2.05) is 0 Å². The van der Waals surface area contributed by atoms with Gasteiger partial charge in [0.1, 0.15) is 11.4 Å². The van der Waals surface area contributed by atoms with Gasteiger partial charge in [-0.1, -0.05) is 35.3 Å². The highest BCUT2D eigenvalue weighted by Gasteiger charge is 2.26. The maximum absolute atomic E-state index is 13.8. The summed E-state index contributed by atoms with van der Waals surface area (Å²) in [6.45, 7) is 2.90. The number of esters is 1. The summed E-state index contributed by atoms with van der Waals surface area (Å²) in [6, 6.07) is 10.6. The number of benzene rings is 2. The number of anilines is 1. The van der Waals surface area contributed by atoms with Gasteiger partial charge in [-0.3, -0.25) is 19.0 Å². The van der Waals surface area contributed by atoms with E-state index in [9.17, 15) is 24.0 Å². The average molecular weight is 603 g/mol. The molecule has 208 valence electrons. The van der Waals surface area contributed by atoms with Crippen LogP contribution >= 0.6 is 34.5 Å². The number of nitrogens with zero attached hydrogens (tertiary/aromatic N) is 3. The van der Waals surface area contributed by atoms with Crippen molar-refractivity contribution in [3.63, 3.8) is 0 Å². The van der Waals surface area contributed by atoms with Gasteiger partial charge in [-0.05, 0) is 49.7 Å². The molecule has 0 radical (unpaired) electrons. The first-order chi connectivity index (χ1) is 19.0. The Bertz CT molecular complexity index is 1790. The number of carbonyl (C=O) groups excluding carboxylic acids is 3. The van der Waals surface area contributed by atoms with Crippen LogP contribution in [-0.2, 0) is 16.1 Å². The number of aryl methyl sites for hydroxylation is 1. The Labute approximate surface area is 242 Å². The molecule has 0 spiro atoms. The van der Waals surface area contributed by atoms with Crippen molar-refractivity contribution in [1.82, 2.24) is 14.0 Å². The van der Waals surface area contributed by atoms with E-state index >= 15 is 0 Å². The van der Waals surface area contributed by atoms with E-state index < -0.39 is 29.7 Å². The molecule has 2 aromatic heterocycles. The van der Waals surface area contributed by atoms with Crippen LogP contribution in [0.3, 0.4) is 0 Å². The van der Waals surface area contributed by atoms with Crippen molar-refractivity contribution in [2.75, 3.05) is 26.0 Å². The Kier molecular flexibility index (Phi) is 8.48. The van der Waals surface area contributed by atoms with Gasteiger partial charge in [-0.15, -0.1) is 11.3 Å². The van der Waals surface area contributed by atoms with E-state index in [1.54, 1.807) is 40.1 Å². The maximum Gasteiger partial charge on any atom is 0.340 e. The van der Waals surface area contributed by atoms with Gasteiger partial charge < -0.3 is 15.0 Å². The lowest BCUT2D eigenvalue weighted by atomic mass is 10.2. The number of para-hydroxylation sites is 1. The molecular formula is C27H24Cl2N4O6S. The summed E-state index contributed by atoms with van der Waals surface area (Å²) in [7, 11) is 3.14. The quantitative estimate of drug-likeness (QED) is 0.314. The van der Waals surface area contributed by atoms with Crippen LogP contribution in [0.4, 0.5) is 5.69 Å². The van der Waals surface area contributed by atoms with Gasteiger partial charge in [0.15, 0.2) is 0 Å². The summed E-state index contributed by atoms with van der Waals surface area (Å²) >= 11 is 13.2. The van der Waals surface area contributed by atoms with Gasteiger partial charge in [0.05, 0.1) is 43.9 Å². The topological polar surface area (TPSA) is 120 Å². The summed E-state index contributed by atoms with van der Waals surface area (Å²) in [4.78, 5) is 67.7. The Hall–Kier alpha value is -3.93. The van der Waals surface area contributed by atoms with Crippen LogP contribution in [0.15, 0.2) is 52.1 Å². The van der Waals surface area contributed by atoms with Gasteiger partial charge in [0, 0.05) is 14.1 Å². The van der Waals surface area contributed by atoms with E-state index in [2.05, 4.69) is 5.32 Å². The van der Waals surface area contributed by atoms with Crippen molar-refractivity contribution in [2.45, 2.75) is 20.4 Å². The van der Waals surface area contributed by atoms with Crippen LogP contribution in [0.5, 0.6) is 0 Å². The largest absolute Gasteiger partial charge is 0.462 e. The number of nitrogens with one attached hydrogen (secondary N) is 1. The van der Waals surface area contributed by atoms with Crippen LogP contribution in [-0.4, -0.2) is 52.5 Å². The lowest BCUT2D eigenvalue weighted by Gasteiger charge is -2.14.